The van der Waals surface area contributed by atoms with Crippen molar-refractivity contribution >= 4 is 11.8 Å². The SMILES string of the molecule is COc1ccc(CNC2CC2)cc1CSCC1CCCO1. The van der Waals surface area contributed by atoms with Crippen LogP contribution in [0.1, 0.15) is 36.8 Å². The van der Waals surface area contributed by atoms with Crippen LogP contribution >= 0.6 is 11.8 Å². The molecular weight excluding hydrogens is 282 g/mol. The van der Waals surface area contributed by atoms with Crippen LogP contribution in [-0.2, 0) is 17.0 Å². The Morgan fingerprint density at radius 3 is 2.95 bits per heavy atom. The van der Waals surface area contributed by atoms with E-state index in [9.17, 15) is 0 Å². The third-order valence-corrected chi connectivity index (χ3v) is 5.22. The summed E-state index contributed by atoms with van der Waals surface area (Å²) in [6, 6.07) is 7.31. The highest BCUT2D eigenvalue weighted by molar-refractivity contribution is 7.98. The quantitative estimate of drug-likeness (QED) is 0.798. The van der Waals surface area contributed by atoms with Crippen LogP contribution in [-0.4, -0.2) is 31.6 Å². The van der Waals surface area contributed by atoms with E-state index in [1.54, 1.807) is 7.11 Å². The Labute approximate surface area is 131 Å². The molecule has 1 unspecified atom stereocenters. The summed E-state index contributed by atoms with van der Waals surface area (Å²) in [4.78, 5) is 0. The van der Waals surface area contributed by atoms with Gasteiger partial charge in [-0.05, 0) is 43.4 Å². The zero-order valence-electron chi connectivity index (χ0n) is 12.8. The first-order valence-electron chi connectivity index (χ1n) is 7.93. The summed E-state index contributed by atoms with van der Waals surface area (Å²) < 4.78 is 11.2. The second-order valence-electron chi connectivity index (χ2n) is 5.95. The third-order valence-electron chi connectivity index (χ3n) is 4.10. The van der Waals surface area contributed by atoms with Crippen molar-refractivity contribution in [3.05, 3.63) is 29.3 Å². The lowest BCUT2D eigenvalue weighted by atomic mass is 10.1. The van der Waals surface area contributed by atoms with Crippen molar-refractivity contribution in [2.75, 3.05) is 19.5 Å². The number of nitrogens with one attached hydrogen (secondary N) is 1. The summed E-state index contributed by atoms with van der Waals surface area (Å²) in [5.41, 5.74) is 2.66. The molecule has 0 radical (unpaired) electrons. The van der Waals surface area contributed by atoms with E-state index in [0.717, 1.165) is 36.4 Å². The minimum atomic E-state index is 0.459. The van der Waals surface area contributed by atoms with E-state index in [-0.39, 0.29) is 0 Å². The van der Waals surface area contributed by atoms with Gasteiger partial charge in [0.25, 0.3) is 0 Å². The molecule has 3 nitrogen and oxygen atoms in total. The number of rotatable bonds is 8. The van der Waals surface area contributed by atoms with Crippen LogP contribution in [0.25, 0.3) is 0 Å². The molecule has 0 bridgehead atoms. The number of hydrogen-bond donors (Lipinski definition) is 1. The molecule has 1 saturated carbocycles. The topological polar surface area (TPSA) is 30.5 Å². The molecule has 1 N–H and O–H groups in total. The van der Waals surface area contributed by atoms with Crippen LogP contribution in [0.4, 0.5) is 0 Å². The third kappa shape index (κ3) is 4.63. The zero-order valence-corrected chi connectivity index (χ0v) is 13.6. The van der Waals surface area contributed by atoms with Gasteiger partial charge in [0, 0.05) is 36.3 Å². The predicted molar refractivity (Wildman–Crippen MR) is 88.0 cm³/mol. The molecule has 2 fully saturated rings. The van der Waals surface area contributed by atoms with Gasteiger partial charge in [-0.1, -0.05) is 6.07 Å². The summed E-state index contributed by atoms with van der Waals surface area (Å²) in [6.07, 6.45) is 5.56. The maximum absolute atomic E-state index is 5.68. The monoisotopic (exact) mass is 307 g/mol. The van der Waals surface area contributed by atoms with Crippen LogP contribution in [0.2, 0.25) is 0 Å². The fraction of sp³-hybridized carbons (Fsp3) is 0.647. The molecule has 0 spiro atoms. The Morgan fingerprint density at radius 2 is 2.24 bits per heavy atom. The number of hydrogen-bond acceptors (Lipinski definition) is 4. The highest BCUT2D eigenvalue weighted by Gasteiger charge is 2.20. The number of benzene rings is 1. The highest BCUT2D eigenvalue weighted by Crippen LogP contribution is 2.27. The Morgan fingerprint density at radius 1 is 1.33 bits per heavy atom. The van der Waals surface area contributed by atoms with E-state index in [4.69, 9.17) is 9.47 Å². The smallest absolute Gasteiger partial charge is 0.122 e. The average molecular weight is 307 g/mol. The molecule has 0 aromatic heterocycles. The van der Waals surface area contributed by atoms with E-state index < -0.39 is 0 Å². The summed E-state index contributed by atoms with van der Waals surface area (Å²) in [6.45, 7) is 1.91. The Kier molecular flexibility index (Phi) is 5.44. The van der Waals surface area contributed by atoms with Gasteiger partial charge in [0.1, 0.15) is 5.75 Å². The second kappa shape index (κ2) is 7.52. The molecule has 1 aliphatic carbocycles. The number of methoxy groups -OCH3 is 1. The molecule has 3 rings (SSSR count). The summed E-state index contributed by atoms with van der Waals surface area (Å²) >= 11 is 1.95. The van der Waals surface area contributed by atoms with Gasteiger partial charge in [-0.15, -0.1) is 0 Å². The average Bonchev–Trinajstić information content (AvgIpc) is 3.20. The maximum Gasteiger partial charge on any atom is 0.122 e. The molecule has 1 aliphatic heterocycles. The highest BCUT2D eigenvalue weighted by atomic mass is 32.2. The molecule has 1 heterocycles. The van der Waals surface area contributed by atoms with Gasteiger partial charge in [-0.3, -0.25) is 0 Å². The van der Waals surface area contributed by atoms with Crippen LogP contribution in [0.15, 0.2) is 18.2 Å². The zero-order chi connectivity index (χ0) is 14.5. The molecule has 2 aliphatic rings. The molecule has 1 atom stereocenters. The van der Waals surface area contributed by atoms with Gasteiger partial charge >= 0.3 is 0 Å². The largest absolute Gasteiger partial charge is 0.496 e. The Bertz CT molecular complexity index is 456. The summed E-state index contributed by atoms with van der Waals surface area (Å²) in [7, 11) is 1.76. The van der Waals surface area contributed by atoms with Gasteiger partial charge in [0.2, 0.25) is 0 Å². The normalized spacial score (nSPS) is 21.7. The standard InChI is InChI=1S/C17H25NO2S/c1-19-17-7-4-13(10-18-15-5-6-15)9-14(17)11-21-12-16-3-2-8-20-16/h4,7,9,15-16,18H,2-3,5-6,8,10-12H2,1H3. The van der Waals surface area contributed by atoms with Crippen LogP contribution in [0, 0.1) is 0 Å². The summed E-state index contributed by atoms with van der Waals surface area (Å²) in [5.74, 6) is 3.10. The van der Waals surface area contributed by atoms with Gasteiger partial charge in [0.15, 0.2) is 0 Å². The van der Waals surface area contributed by atoms with Gasteiger partial charge in [-0.2, -0.15) is 11.8 Å². The predicted octanol–water partition coefficient (Wildman–Crippen LogP) is 3.36. The second-order valence-corrected chi connectivity index (χ2v) is 6.98. The Balaban J connectivity index is 1.53. The lowest BCUT2D eigenvalue weighted by Gasteiger charge is -2.13. The first-order chi connectivity index (χ1) is 10.3. The summed E-state index contributed by atoms with van der Waals surface area (Å²) in [5, 5.41) is 3.57. The van der Waals surface area contributed by atoms with Crippen molar-refractivity contribution in [3.63, 3.8) is 0 Å². The first-order valence-corrected chi connectivity index (χ1v) is 9.09. The molecule has 1 saturated heterocycles. The van der Waals surface area contributed by atoms with Crippen molar-refractivity contribution in [2.24, 2.45) is 0 Å². The van der Waals surface area contributed by atoms with Crippen molar-refractivity contribution in [1.29, 1.82) is 0 Å². The van der Waals surface area contributed by atoms with Crippen molar-refractivity contribution in [1.82, 2.24) is 5.32 Å². The lowest BCUT2D eigenvalue weighted by molar-refractivity contribution is 0.129. The fourth-order valence-corrected chi connectivity index (χ4v) is 3.77. The van der Waals surface area contributed by atoms with Crippen LogP contribution in [0.3, 0.4) is 0 Å². The molecular formula is C17H25NO2S. The van der Waals surface area contributed by atoms with E-state index in [2.05, 4.69) is 23.5 Å². The van der Waals surface area contributed by atoms with Crippen molar-refractivity contribution in [3.8, 4) is 5.75 Å². The lowest BCUT2D eigenvalue weighted by Crippen LogP contribution is -2.15. The fourth-order valence-electron chi connectivity index (χ4n) is 2.68. The van der Waals surface area contributed by atoms with Crippen LogP contribution in [0.5, 0.6) is 5.75 Å². The minimum absolute atomic E-state index is 0.459. The number of ether oxygens (including phenoxy) is 2. The van der Waals surface area contributed by atoms with Crippen LogP contribution < -0.4 is 10.1 Å². The van der Waals surface area contributed by atoms with Gasteiger partial charge in [-0.25, -0.2) is 0 Å². The minimum Gasteiger partial charge on any atom is -0.496 e. The van der Waals surface area contributed by atoms with E-state index in [0.29, 0.717) is 6.10 Å². The van der Waals surface area contributed by atoms with Crippen molar-refractivity contribution in [2.45, 2.75) is 50.1 Å². The molecule has 1 aromatic rings. The number of thioether (sulfide) groups is 1. The van der Waals surface area contributed by atoms with E-state index in [1.165, 1.54) is 36.8 Å². The van der Waals surface area contributed by atoms with Crippen molar-refractivity contribution < 1.29 is 9.47 Å². The molecule has 1 aromatic carbocycles. The molecule has 116 valence electrons. The van der Waals surface area contributed by atoms with Gasteiger partial charge in [0.05, 0.1) is 13.2 Å². The van der Waals surface area contributed by atoms with E-state index in [1.807, 2.05) is 11.8 Å². The Hall–Kier alpha value is -0.710. The van der Waals surface area contributed by atoms with E-state index >= 15 is 0 Å². The molecule has 21 heavy (non-hydrogen) atoms. The molecule has 4 heteroatoms. The molecule has 0 amide bonds. The first kappa shape index (κ1) is 15.2. The maximum atomic E-state index is 5.68. The van der Waals surface area contributed by atoms with Gasteiger partial charge < -0.3 is 14.8 Å².